The van der Waals surface area contributed by atoms with Crippen molar-refractivity contribution in [3.05, 3.63) is 78.3 Å². The maximum atomic E-state index is 14.6. The third-order valence-corrected chi connectivity index (χ3v) is 7.06. The molecule has 11 heteroatoms. The lowest BCUT2D eigenvalue weighted by Gasteiger charge is -2.34. The molecule has 5 rings (SSSR count). The third-order valence-electron chi connectivity index (χ3n) is 7.06. The number of likely N-dealkylation sites (tertiary alicyclic amines) is 1. The fourth-order valence-corrected chi connectivity index (χ4v) is 5.07. The Labute approximate surface area is 227 Å². The van der Waals surface area contributed by atoms with E-state index < -0.39 is 11.6 Å². The average molecular weight is 534 g/mol. The van der Waals surface area contributed by atoms with E-state index in [-0.39, 0.29) is 6.04 Å². The molecule has 1 atom stereocenters. The van der Waals surface area contributed by atoms with Crippen LogP contribution in [0.1, 0.15) is 24.4 Å². The van der Waals surface area contributed by atoms with Gasteiger partial charge < -0.3 is 15.1 Å². The van der Waals surface area contributed by atoms with E-state index in [9.17, 15) is 8.78 Å². The number of aliphatic imine (C=N–C) groups is 3. The Balaban J connectivity index is 1.22. The second-order valence-corrected chi connectivity index (χ2v) is 9.60. The number of benzene rings is 1. The highest BCUT2D eigenvalue weighted by Gasteiger charge is 2.30. The normalized spacial score (nSPS) is 25.0. The molecular weight excluding hydrogens is 500 g/mol. The Kier molecular flexibility index (Phi) is 8.67. The Morgan fingerprint density at radius 1 is 1.05 bits per heavy atom. The molecule has 3 aliphatic rings. The maximum Gasteiger partial charge on any atom is 0.225 e. The van der Waals surface area contributed by atoms with Gasteiger partial charge in [-0.3, -0.25) is 9.89 Å². The molecule has 0 saturated carbocycles. The molecule has 204 valence electrons. The summed E-state index contributed by atoms with van der Waals surface area (Å²) >= 11 is 0. The van der Waals surface area contributed by atoms with Crippen LogP contribution in [0, 0.1) is 11.6 Å². The summed E-state index contributed by atoms with van der Waals surface area (Å²) in [6, 6.07) is 5.12. The number of rotatable bonds is 5. The number of aromatic nitrogens is 2. The Morgan fingerprint density at radius 2 is 1.87 bits per heavy atom. The van der Waals surface area contributed by atoms with Gasteiger partial charge in [0.1, 0.15) is 29.5 Å². The molecule has 1 aromatic heterocycles. The molecule has 4 heterocycles. The topological polar surface area (TPSA) is 84.6 Å². The Hall–Kier alpha value is -3.99. The molecule has 1 N–H and O–H groups in total. The number of hydrogen-bond acceptors (Lipinski definition) is 9. The van der Waals surface area contributed by atoms with E-state index in [0.717, 1.165) is 51.2 Å². The highest BCUT2D eigenvalue weighted by molar-refractivity contribution is 6.05. The van der Waals surface area contributed by atoms with Crippen LogP contribution < -0.4 is 10.2 Å². The molecule has 3 aliphatic heterocycles. The standard InChI is InChI=1S/C28H33F2N9/c1-21-27(32-12-14-37-15-17-38(18-16-37)28-33-10-4-11-34-28)35-20-31-9-2-6-26(36-21)39-13-3-5-25(39)23-19-22(29)7-8-24(23)30/h2,4,6-8,10-11,19-20,25H,1,3,5,9,12-18H2,(H,31,32,35)/b6-2-,36-26+/t25-/m1/s1. The van der Waals surface area contributed by atoms with Crippen molar-refractivity contribution in [2.45, 2.75) is 18.9 Å². The van der Waals surface area contributed by atoms with E-state index in [1.807, 2.05) is 23.1 Å². The molecule has 0 radical (unpaired) electrons. The summed E-state index contributed by atoms with van der Waals surface area (Å²) in [6.45, 7) is 10.3. The van der Waals surface area contributed by atoms with Gasteiger partial charge in [0.25, 0.3) is 0 Å². The first-order chi connectivity index (χ1) is 19.1. The average Bonchev–Trinajstić information content (AvgIpc) is 3.45. The number of amidine groups is 2. The summed E-state index contributed by atoms with van der Waals surface area (Å²) in [5, 5.41) is 3.37. The first kappa shape index (κ1) is 26.6. The zero-order chi connectivity index (χ0) is 27.0. The highest BCUT2D eigenvalue weighted by atomic mass is 19.1. The van der Waals surface area contributed by atoms with Crippen LogP contribution in [0.25, 0.3) is 0 Å². The van der Waals surface area contributed by atoms with Crippen LogP contribution in [0.4, 0.5) is 14.7 Å². The molecule has 0 bridgehead atoms. The first-order valence-electron chi connectivity index (χ1n) is 13.3. The van der Waals surface area contributed by atoms with E-state index in [0.29, 0.717) is 49.0 Å². The molecule has 1 aromatic carbocycles. The minimum Gasteiger partial charge on any atom is -0.367 e. The predicted molar refractivity (Wildman–Crippen MR) is 150 cm³/mol. The van der Waals surface area contributed by atoms with E-state index >= 15 is 0 Å². The number of piperazine rings is 1. The first-order valence-corrected chi connectivity index (χ1v) is 13.3. The zero-order valence-corrected chi connectivity index (χ0v) is 21.9. The Bertz CT molecular complexity index is 1270. The molecule has 2 aromatic rings. The molecule has 0 aliphatic carbocycles. The van der Waals surface area contributed by atoms with E-state index in [1.54, 1.807) is 12.4 Å². The summed E-state index contributed by atoms with van der Waals surface area (Å²) in [5.74, 6) is 1.08. The van der Waals surface area contributed by atoms with Crippen molar-refractivity contribution in [1.82, 2.24) is 25.1 Å². The lowest BCUT2D eigenvalue weighted by Crippen LogP contribution is -2.49. The van der Waals surface area contributed by atoms with Gasteiger partial charge in [-0.15, -0.1) is 0 Å². The van der Waals surface area contributed by atoms with E-state index in [4.69, 9.17) is 4.99 Å². The van der Waals surface area contributed by atoms with Gasteiger partial charge in [0.15, 0.2) is 5.84 Å². The third kappa shape index (κ3) is 6.72. The zero-order valence-electron chi connectivity index (χ0n) is 21.9. The number of nitrogens with zero attached hydrogens (tertiary/aromatic N) is 8. The predicted octanol–water partition coefficient (Wildman–Crippen LogP) is 3.21. The van der Waals surface area contributed by atoms with Crippen molar-refractivity contribution >= 4 is 24.0 Å². The van der Waals surface area contributed by atoms with Gasteiger partial charge in [-0.1, -0.05) is 12.7 Å². The molecule has 0 spiro atoms. The largest absolute Gasteiger partial charge is 0.367 e. The number of hydrogen-bond donors (Lipinski definition) is 1. The van der Waals surface area contributed by atoms with Crippen LogP contribution in [0.3, 0.4) is 0 Å². The molecule has 0 unspecified atom stereocenters. The van der Waals surface area contributed by atoms with Crippen LogP contribution in [0.5, 0.6) is 0 Å². The molecule has 2 fully saturated rings. The van der Waals surface area contributed by atoms with E-state index in [2.05, 4.69) is 41.6 Å². The monoisotopic (exact) mass is 533 g/mol. The van der Waals surface area contributed by atoms with Gasteiger partial charge in [0.2, 0.25) is 5.95 Å². The molecule has 39 heavy (non-hydrogen) atoms. The van der Waals surface area contributed by atoms with Crippen molar-refractivity contribution in [3.63, 3.8) is 0 Å². The lowest BCUT2D eigenvalue weighted by atomic mass is 10.0. The minimum atomic E-state index is -0.450. The Morgan fingerprint density at radius 3 is 2.69 bits per heavy atom. The quantitative estimate of drug-likeness (QED) is 0.636. The van der Waals surface area contributed by atoms with Crippen LogP contribution in [0.15, 0.2) is 76.1 Å². The van der Waals surface area contributed by atoms with Crippen LogP contribution in [-0.2, 0) is 0 Å². The fourth-order valence-electron chi connectivity index (χ4n) is 5.07. The fraction of sp³-hybridized carbons (Fsp3) is 0.393. The van der Waals surface area contributed by atoms with Gasteiger partial charge in [-0.25, -0.2) is 28.7 Å². The van der Waals surface area contributed by atoms with Gasteiger partial charge in [-0.05, 0) is 43.2 Å². The van der Waals surface area contributed by atoms with Crippen molar-refractivity contribution in [2.24, 2.45) is 15.0 Å². The number of anilines is 1. The molecular formula is C28H33F2N9. The van der Waals surface area contributed by atoms with Crippen molar-refractivity contribution in [2.75, 3.05) is 57.3 Å². The second kappa shape index (κ2) is 12.7. The van der Waals surface area contributed by atoms with Crippen LogP contribution >= 0.6 is 0 Å². The highest BCUT2D eigenvalue weighted by Crippen LogP contribution is 2.34. The number of halogens is 2. The summed E-state index contributed by atoms with van der Waals surface area (Å²) in [7, 11) is 0. The number of nitrogens with one attached hydrogen (secondary N) is 1. The minimum absolute atomic E-state index is 0.309. The summed E-state index contributed by atoms with van der Waals surface area (Å²) in [6.07, 6.45) is 10.4. The molecule has 9 nitrogen and oxygen atoms in total. The second-order valence-electron chi connectivity index (χ2n) is 9.60. The summed E-state index contributed by atoms with van der Waals surface area (Å²) in [5.41, 5.74) is 0.801. The summed E-state index contributed by atoms with van der Waals surface area (Å²) in [4.78, 5) is 28.9. The molecule has 0 amide bonds. The van der Waals surface area contributed by atoms with Gasteiger partial charge in [0, 0.05) is 63.8 Å². The van der Waals surface area contributed by atoms with Gasteiger partial charge in [-0.2, -0.15) is 0 Å². The van der Waals surface area contributed by atoms with Crippen molar-refractivity contribution in [1.29, 1.82) is 0 Å². The maximum absolute atomic E-state index is 14.6. The summed E-state index contributed by atoms with van der Waals surface area (Å²) < 4.78 is 28.6. The van der Waals surface area contributed by atoms with Crippen molar-refractivity contribution in [3.8, 4) is 0 Å². The van der Waals surface area contributed by atoms with E-state index in [1.165, 1.54) is 18.5 Å². The lowest BCUT2D eigenvalue weighted by molar-refractivity contribution is 0.260. The van der Waals surface area contributed by atoms with Crippen LogP contribution in [0.2, 0.25) is 0 Å². The smallest absolute Gasteiger partial charge is 0.225 e. The van der Waals surface area contributed by atoms with Crippen LogP contribution in [-0.4, -0.2) is 90.1 Å². The van der Waals surface area contributed by atoms with Gasteiger partial charge in [0.05, 0.1) is 12.6 Å². The SMILES string of the molecule is C=C1/N=C(N2CCC[C@@H]2c2cc(F)ccc2F)\C=C/C/N=C\N=C/1NCCN1CCN(c2ncccn2)CC1. The van der Waals surface area contributed by atoms with Crippen molar-refractivity contribution < 1.29 is 8.78 Å². The molecule has 2 saturated heterocycles. The van der Waals surface area contributed by atoms with Gasteiger partial charge >= 0.3 is 0 Å².